The van der Waals surface area contributed by atoms with Crippen molar-refractivity contribution in [3.63, 3.8) is 0 Å². The smallest absolute Gasteiger partial charge is 0.257 e. The molecular weight excluding hydrogens is 728 g/mol. The van der Waals surface area contributed by atoms with Crippen molar-refractivity contribution in [1.29, 1.82) is 0 Å². The molecule has 0 aromatic heterocycles. The lowest BCUT2D eigenvalue weighted by molar-refractivity contribution is -0.268. The number of amides is 2. The lowest BCUT2D eigenvalue weighted by Gasteiger charge is -2.41. The molecule has 5 aromatic carbocycles. The molecule has 3 N–H and O–H groups in total. The van der Waals surface area contributed by atoms with Gasteiger partial charge in [0.25, 0.3) is 5.91 Å². The van der Waals surface area contributed by atoms with Crippen LogP contribution in [0.2, 0.25) is 0 Å². The van der Waals surface area contributed by atoms with E-state index < -0.39 is 46.8 Å². The lowest BCUT2D eigenvalue weighted by atomic mass is 9.91. The van der Waals surface area contributed by atoms with Crippen LogP contribution in [0.4, 0.5) is 27.6 Å². The lowest BCUT2D eigenvalue weighted by Crippen LogP contribution is -2.38. The Morgan fingerprint density at radius 2 is 1.37 bits per heavy atom. The average Bonchev–Trinajstić information content (AvgIpc) is 3.19. The van der Waals surface area contributed by atoms with Crippen molar-refractivity contribution >= 4 is 29.3 Å². The molecule has 1 aliphatic rings. The molecular formula is C41H35F5N2O5S. The number of halogens is 5. The van der Waals surface area contributed by atoms with Gasteiger partial charge in [-0.2, -0.15) is 0 Å². The number of anilines is 1. The molecule has 0 aliphatic carbocycles. The van der Waals surface area contributed by atoms with Gasteiger partial charge in [-0.1, -0.05) is 73.7 Å². The summed E-state index contributed by atoms with van der Waals surface area (Å²) in [6, 6.07) is 29.6. The standard InChI is InChI=1S/C41H35F5N2O5S/c1-22-32(21-54-31-16-14-30(15-17-31)48-23(2)50)52-41(53-39(22)27-8-6-24(20-49)7-9-27)28-12-10-26(11-13-28)29-5-3-4-25(18-29)19-47-40(51)33-34(42)36(44)38(46)37(45)35(33)43/h3-18,22,32,39,41,49H,19-21H2,1-2H3,(H,47,51)(H,48,50)/t22-,32+,39+,41+/m0/s1. The number of thioether (sulfide) groups is 1. The van der Waals surface area contributed by atoms with E-state index in [0.717, 1.165) is 32.7 Å². The number of nitrogens with one attached hydrogen (secondary N) is 2. The Bertz CT molecular complexity index is 2110. The van der Waals surface area contributed by atoms with Crippen molar-refractivity contribution in [2.45, 2.75) is 50.4 Å². The van der Waals surface area contributed by atoms with Crippen LogP contribution in [0.3, 0.4) is 0 Å². The quantitative estimate of drug-likeness (QED) is 0.0538. The predicted octanol–water partition coefficient (Wildman–Crippen LogP) is 9.01. The molecule has 1 heterocycles. The Morgan fingerprint density at radius 1 is 0.741 bits per heavy atom. The minimum atomic E-state index is -2.34. The molecule has 1 saturated heterocycles. The third-order valence-corrected chi connectivity index (χ3v) is 10.1. The fraction of sp³-hybridized carbons (Fsp3) is 0.220. The third kappa shape index (κ3) is 8.65. The van der Waals surface area contributed by atoms with Crippen LogP contribution in [0.5, 0.6) is 0 Å². The van der Waals surface area contributed by atoms with Gasteiger partial charge in [-0.3, -0.25) is 9.59 Å². The zero-order valence-corrected chi connectivity index (χ0v) is 29.9. The van der Waals surface area contributed by atoms with Crippen LogP contribution in [-0.4, -0.2) is 28.8 Å². The Hall–Kier alpha value is -5.08. The maximum absolute atomic E-state index is 14.1. The number of carbonyl (C=O) groups is 2. The Kier molecular flexibility index (Phi) is 12.1. The third-order valence-electron chi connectivity index (χ3n) is 9.05. The van der Waals surface area contributed by atoms with Gasteiger partial charge in [0.2, 0.25) is 11.7 Å². The number of hydrogen-bond acceptors (Lipinski definition) is 6. The van der Waals surface area contributed by atoms with E-state index in [9.17, 15) is 36.6 Å². The van der Waals surface area contributed by atoms with Gasteiger partial charge in [0.1, 0.15) is 5.56 Å². The van der Waals surface area contributed by atoms with Crippen LogP contribution in [-0.2, 0) is 27.4 Å². The molecule has 5 aromatic rings. The summed E-state index contributed by atoms with van der Waals surface area (Å²) >= 11 is 1.63. The first-order chi connectivity index (χ1) is 25.9. The summed E-state index contributed by atoms with van der Waals surface area (Å²) in [6.07, 6.45) is -1.25. The molecule has 6 rings (SSSR count). The topological polar surface area (TPSA) is 96.9 Å². The van der Waals surface area contributed by atoms with E-state index in [4.69, 9.17) is 9.47 Å². The Balaban J connectivity index is 1.17. The number of aliphatic hydroxyl groups excluding tert-OH is 1. The van der Waals surface area contributed by atoms with Crippen LogP contribution in [0, 0.1) is 35.0 Å². The Morgan fingerprint density at radius 3 is 2.00 bits per heavy atom. The number of rotatable bonds is 11. The van der Waals surface area contributed by atoms with Crippen LogP contribution in [0.1, 0.15) is 58.9 Å². The van der Waals surface area contributed by atoms with Crippen molar-refractivity contribution in [2.24, 2.45) is 5.92 Å². The van der Waals surface area contributed by atoms with Gasteiger partial charge < -0.3 is 25.2 Å². The molecule has 7 nitrogen and oxygen atoms in total. The van der Waals surface area contributed by atoms with Crippen molar-refractivity contribution in [3.8, 4) is 11.1 Å². The normalized spacial score (nSPS) is 18.3. The molecule has 13 heteroatoms. The number of hydrogen-bond donors (Lipinski definition) is 3. The molecule has 54 heavy (non-hydrogen) atoms. The molecule has 0 saturated carbocycles. The van der Waals surface area contributed by atoms with Crippen LogP contribution >= 0.6 is 11.8 Å². The zero-order valence-electron chi connectivity index (χ0n) is 29.0. The molecule has 0 spiro atoms. The highest BCUT2D eigenvalue weighted by atomic mass is 32.2. The summed E-state index contributed by atoms with van der Waals surface area (Å²) in [5.74, 6) is -12.2. The summed E-state index contributed by atoms with van der Waals surface area (Å²) < 4.78 is 82.1. The summed E-state index contributed by atoms with van der Waals surface area (Å²) in [5.41, 5.74) is 3.71. The highest BCUT2D eigenvalue weighted by Gasteiger charge is 2.38. The fourth-order valence-corrected chi connectivity index (χ4v) is 7.16. The molecule has 0 radical (unpaired) electrons. The number of ether oxygens (including phenoxy) is 2. The molecule has 0 unspecified atom stereocenters. The van der Waals surface area contributed by atoms with Gasteiger partial charge in [-0.25, -0.2) is 22.0 Å². The SMILES string of the molecule is CC(=O)Nc1ccc(SC[C@H]2O[C@@H](c3ccc(-c4cccc(CNC(=O)c5c(F)c(F)c(F)c(F)c5F)c4)cc3)O[C@@H](c3ccc(CO)cc3)[C@H]2C)cc1. The van der Waals surface area contributed by atoms with E-state index in [1.165, 1.54) is 6.92 Å². The summed E-state index contributed by atoms with van der Waals surface area (Å²) in [5, 5.41) is 14.6. The number of benzene rings is 5. The van der Waals surface area contributed by atoms with Gasteiger partial charge in [0.15, 0.2) is 29.6 Å². The van der Waals surface area contributed by atoms with Gasteiger partial charge in [0.05, 0.1) is 18.8 Å². The summed E-state index contributed by atoms with van der Waals surface area (Å²) in [6.45, 7) is 3.22. The number of carbonyl (C=O) groups excluding carboxylic acids is 2. The first-order valence-corrected chi connectivity index (χ1v) is 17.9. The van der Waals surface area contributed by atoms with E-state index in [1.807, 2.05) is 78.9 Å². The van der Waals surface area contributed by atoms with Crippen molar-refractivity contribution in [2.75, 3.05) is 11.1 Å². The molecule has 4 atom stereocenters. The summed E-state index contributed by atoms with van der Waals surface area (Å²) in [7, 11) is 0. The molecule has 1 fully saturated rings. The largest absolute Gasteiger partial charge is 0.392 e. The minimum Gasteiger partial charge on any atom is -0.392 e. The zero-order chi connectivity index (χ0) is 38.5. The van der Waals surface area contributed by atoms with E-state index in [2.05, 4.69) is 17.6 Å². The van der Waals surface area contributed by atoms with Crippen LogP contribution in [0.15, 0.2) is 102 Å². The molecule has 0 bridgehead atoms. The molecule has 280 valence electrons. The van der Waals surface area contributed by atoms with E-state index in [1.54, 1.807) is 30.0 Å². The van der Waals surface area contributed by atoms with Gasteiger partial charge >= 0.3 is 0 Å². The van der Waals surface area contributed by atoms with E-state index >= 15 is 0 Å². The molecule has 1 aliphatic heterocycles. The van der Waals surface area contributed by atoms with Crippen LogP contribution in [0.25, 0.3) is 11.1 Å². The maximum Gasteiger partial charge on any atom is 0.257 e. The minimum absolute atomic E-state index is 0.0380. The second-order valence-corrected chi connectivity index (χ2v) is 13.9. The number of aliphatic hydroxyl groups is 1. The second kappa shape index (κ2) is 16.9. The highest BCUT2D eigenvalue weighted by molar-refractivity contribution is 7.99. The monoisotopic (exact) mass is 762 g/mol. The second-order valence-electron chi connectivity index (χ2n) is 12.8. The van der Waals surface area contributed by atoms with E-state index in [0.29, 0.717) is 17.0 Å². The van der Waals surface area contributed by atoms with Crippen molar-refractivity contribution in [1.82, 2.24) is 5.32 Å². The van der Waals surface area contributed by atoms with E-state index in [-0.39, 0.29) is 37.2 Å². The van der Waals surface area contributed by atoms with Gasteiger partial charge in [-0.05, 0) is 58.1 Å². The molecule has 2 amide bonds. The van der Waals surface area contributed by atoms with Crippen molar-refractivity contribution < 1.29 is 46.1 Å². The first kappa shape index (κ1) is 38.6. The average molecular weight is 763 g/mol. The van der Waals surface area contributed by atoms with Crippen LogP contribution < -0.4 is 10.6 Å². The fourth-order valence-electron chi connectivity index (χ4n) is 6.09. The highest BCUT2D eigenvalue weighted by Crippen LogP contribution is 2.43. The predicted molar refractivity (Wildman–Crippen MR) is 194 cm³/mol. The van der Waals surface area contributed by atoms with Gasteiger partial charge in [0, 0.05) is 41.3 Å². The maximum atomic E-state index is 14.1. The Labute approximate surface area is 312 Å². The van der Waals surface area contributed by atoms with Gasteiger partial charge in [-0.15, -0.1) is 11.8 Å². The van der Waals surface area contributed by atoms with Crippen molar-refractivity contribution in [3.05, 3.63) is 154 Å². The first-order valence-electron chi connectivity index (χ1n) is 16.9. The summed E-state index contributed by atoms with van der Waals surface area (Å²) in [4.78, 5) is 24.9.